The molecular weight excluding hydrogens is 571 g/mol. The summed E-state index contributed by atoms with van der Waals surface area (Å²) in [5, 5.41) is 2.39. The van der Waals surface area contributed by atoms with E-state index in [-0.39, 0.29) is 35.2 Å². The molecule has 0 bridgehead atoms. The third-order valence-corrected chi connectivity index (χ3v) is 7.86. The number of alkyl halides is 2. The van der Waals surface area contributed by atoms with Crippen LogP contribution in [0.25, 0.3) is 11.1 Å². The molecule has 2 aliphatic rings. The summed E-state index contributed by atoms with van der Waals surface area (Å²) >= 11 is 0. The van der Waals surface area contributed by atoms with E-state index in [1.807, 2.05) is 32.7 Å². The van der Waals surface area contributed by atoms with Crippen LogP contribution in [-0.2, 0) is 4.74 Å². The van der Waals surface area contributed by atoms with Gasteiger partial charge in [0.05, 0.1) is 23.5 Å². The lowest BCUT2D eigenvalue weighted by Gasteiger charge is -2.39. The van der Waals surface area contributed by atoms with Crippen LogP contribution >= 0.6 is 0 Å². The van der Waals surface area contributed by atoms with Crippen LogP contribution in [0.4, 0.5) is 39.3 Å². The van der Waals surface area contributed by atoms with Gasteiger partial charge in [-0.25, -0.2) is 31.9 Å². The number of rotatable bonds is 6. The van der Waals surface area contributed by atoms with E-state index in [9.17, 15) is 18.0 Å². The number of benzene rings is 2. The van der Waals surface area contributed by atoms with E-state index < -0.39 is 46.5 Å². The Balaban J connectivity index is 1.55. The van der Waals surface area contributed by atoms with Crippen LogP contribution in [0.15, 0.2) is 36.7 Å². The summed E-state index contributed by atoms with van der Waals surface area (Å²) in [7, 11) is 1.93. The van der Waals surface area contributed by atoms with Gasteiger partial charge >= 0.3 is 0 Å². The number of carbonyl (C=O) groups excluding carboxylic acids is 1. The molecular formula is C30H33F5N6O2. The molecule has 5 rings (SSSR count). The molecule has 3 heterocycles. The number of piperazine rings is 1. The van der Waals surface area contributed by atoms with Crippen molar-refractivity contribution in [2.45, 2.75) is 45.4 Å². The van der Waals surface area contributed by atoms with E-state index in [1.54, 1.807) is 4.90 Å². The molecule has 2 fully saturated rings. The SMILES string of the molecule is C[C@@H]1CN(c2ncc(-c3c(F)cc(N4CCN(C)[C@@H](C)C4)c(NC(=O)c4ccc(F)cc4C(F)F)c3F)cn2)C[C@@H](C)O1. The smallest absolute Gasteiger partial charge is 0.264 e. The number of anilines is 3. The maximum absolute atomic E-state index is 16.4. The van der Waals surface area contributed by atoms with Crippen molar-refractivity contribution in [1.82, 2.24) is 14.9 Å². The number of hydrogen-bond acceptors (Lipinski definition) is 7. The summed E-state index contributed by atoms with van der Waals surface area (Å²) in [6, 6.07) is 3.47. The van der Waals surface area contributed by atoms with Crippen molar-refractivity contribution in [3.63, 3.8) is 0 Å². The van der Waals surface area contributed by atoms with Crippen molar-refractivity contribution in [1.29, 1.82) is 0 Å². The zero-order valence-corrected chi connectivity index (χ0v) is 24.3. The lowest BCUT2D eigenvalue weighted by atomic mass is 10.0. The maximum atomic E-state index is 16.4. The minimum Gasteiger partial charge on any atom is -0.372 e. The molecule has 13 heteroatoms. The van der Waals surface area contributed by atoms with E-state index in [0.29, 0.717) is 44.7 Å². The molecule has 8 nitrogen and oxygen atoms in total. The van der Waals surface area contributed by atoms with E-state index in [0.717, 1.165) is 18.2 Å². The zero-order chi connectivity index (χ0) is 31.0. The van der Waals surface area contributed by atoms with E-state index >= 15 is 8.78 Å². The number of nitrogens with one attached hydrogen (secondary N) is 1. The highest BCUT2D eigenvalue weighted by atomic mass is 19.3. The second-order valence-corrected chi connectivity index (χ2v) is 11.1. The molecule has 43 heavy (non-hydrogen) atoms. The minimum atomic E-state index is -3.16. The molecule has 2 saturated heterocycles. The number of halogens is 5. The van der Waals surface area contributed by atoms with Gasteiger partial charge in [-0.15, -0.1) is 0 Å². The van der Waals surface area contributed by atoms with Crippen LogP contribution in [0.2, 0.25) is 0 Å². The quantitative estimate of drug-likeness (QED) is 0.373. The lowest BCUT2D eigenvalue weighted by molar-refractivity contribution is -0.00572. The van der Waals surface area contributed by atoms with Crippen LogP contribution in [0.5, 0.6) is 0 Å². The summed E-state index contributed by atoms with van der Waals surface area (Å²) in [5.41, 5.74) is -2.16. The molecule has 1 aromatic heterocycles. The van der Waals surface area contributed by atoms with Crippen LogP contribution in [0.3, 0.4) is 0 Å². The zero-order valence-electron chi connectivity index (χ0n) is 24.3. The van der Waals surface area contributed by atoms with Crippen molar-refractivity contribution in [2.24, 2.45) is 0 Å². The predicted octanol–water partition coefficient (Wildman–Crippen LogP) is 5.50. The number of ether oxygens (including phenoxy) is 1. The Kier molecular flexibility index (Phi) is 8.84. The number of hydrogen-bond donors (Lipinski definition) is 1. The largest absolute Gasteiger partial charge is 0.372 e. The Morgan fingerprint density at radius 3 is 2.28 bits per heavy atom. The van der Waals surface area contributed by atoms with Gasteiger partial charge in [-0.3, -0.25) is 4.79 Å². The van der Waals surface area contributed by atoms with Crippen molar-refractivity contribution < 1.29 is 31.5 Å². The minimum absolute atomic E-state index is 0.0250. The van der Waals surface area contributed by atoms with Crippen LogP contribution < -0.4 is 15.1 Å². The van der Waals surface area contributed by atoms with E-state index in [1.165, 1.54) is 12.4 Å². The first kappa shape index (κ1) is 30.6. The molecule has 0 spiro atoms. The number of amides is 1. The van der Waals surface area contributed by atoms with E-state index in [4.69, 9.17) is 4.74 Å². The van der Waals surface area contributed by atoms with Gasteiger partial charge in [0, 0.05) is 73.9 Å². The molecule has 1 amide bonds. The molecule has 0 aliphatic carbocycles. The van der Waals surface area contributed by atoms with Gasteiger partial charge in [0.25, 0.3) is 12.3 Å². The molecule has 0 radical (unpaired) electrons. The fraction of sp³-hybridized carbons (Fsp3) is 0.433. The monoisotopic (exact) mass is 604 g/mol. The molecule has 1 N–H and O–H groups in total. The maximum Gasteiger partial charge on any atom is 0.264 e. The Morgan fingerprint density at radius 2 is 1.65 bits per heavy atom. The van der Waals surface area contributed by atoms with Gasteiger partial charge in [0.1, 0.15) is 17.3 Å². The fourth-order valence-corrected chi connectivity index (χ4v) is 5.56. The molecule has 0 unspecified atom stereocenters. The first-order valence-electron chi connectivity index (χ1n) is 14.0. The summed E-state index contributed by atoms with van der Waals surface area (Å²) in [4.78, 5) is 27.7. The van der Waals surface area contributed by atoms with Crippen LogP contribution in [0.1, 0.15) is 43.1 Å². The van der Waals surface area contributed by atoms with Gasteiger partial charge in [-0.2, -0.15) is 0 Å². The highest BCUT2D eigenvalue weighted by Gasteiger charge is 2.30. The molecule has 0 saturated carbocycles. The number of nitrogens with zero attached hydrogens (tertiary/aromatic N) is 5. The summed E-state index contributed by atoms with van der Waals surface area (Å²) in [6.07, 6.45) is -0.662. The summed E-state index contributed by atoms with van der Waals surface area (Å²) in [5.74, 6) is -3.67. The second-order valence-electron chi connectivity index (χ2n) is 11.1. The van der Waals surface area contributed by atoms with Crippen molar-refractivity contribution in [3.8, 4) is 11.1 Å². The topological polar surface area (TPSA) is 73.8 Å². The van der Waals surface area contributed by atoms with Crippen molar-refractivity contribution in [3.05, 3.63) is 65.2 Å². The molecule has 3 aromatic rings. The normalized spacial score (nSPS) is 21.4. The average Bonchev–Trinajstić information content (AvgIpc) is 2.95. The molecule has 230 valence electrons. The Bertz CT molecular complexity index is 1480. The lowest BCUT2D eigenvalue weighted by Crippen LogP contribution is -2.50. The Hall–Kier alpha value is -3.84. The molecule has 3 atom stereocenters. The Labute approximate surface area is 246 Å². The van der Waals surface area contributed by atoms with Gasteiger partial charge in [-0.05, 0) is 46.0 Å². The third-order valence-electron chi connectivity index (χ3n) is 7.86. The standard InChI is InChI=1S/C30H33F5N6O2/c1-16-13-40(8-7-39(16)4)24-10-23(32)25(19-11-36-30(37-12-19)41-14-17(2)43-18(3)15-41)26(33)27(24)38-29(42)21-6-5-20(31)9-22(21)28(34)35/h5-6,9-12,16-18,28H,7-8,13-15H2,1-4H3,(H,38,42)/t16-,17+,18+/m0/s1. The number of morpholine rings is 1. The van der Waals surface area contributed by atoms with Crippen molar-refractivity contribution in [2.75, 3.05) is 54.9 Å². The highest BCUT2D eigenvalue weighted by molar-refractivity contribution is 6.07. The molecule has 2 aliphatic heterocycles. The third kappa shape index (κ3) is 6.42. The summed E-state index contributed by atoms with van der Waals surface area (Å²) in [6.45, 7) is 8.27. The Morgan fingerprint density at radius 1 is 0.977 bits per heavy atom. The van der Waals surface area contributed by atoms with Gasteiger partial charge in [-0.1, -0.05) is 0 Å². The van der Waals surface area contributed by atoms with E-state index in [2.05, 4.69) is 20.2 Å². The fourth-order valence-electron chi connectivity index (χ4n) is 5.56. The number of likely N-dealkylation sites (N-methyl/N-ethyl adjacent to an activating group) is 1. The highest BCUT2D eigenvalue weighted by Crippen LogP contribution is 2.39. The number of aromatic nitrogens is 2. The summed E-state index contributed by atoms with van der Waals surface area (Å²) < 4.78 is 78.9. The van der Waals surface area contributed by atoms with Crippen LogP contribution in [0, 0.1) is 17.5 Å². The van der Waals surface area contributed by atoms with Gasteiger partial charge in [0.15, 0.2) is 5.82 Å². The van der Waals surface area contributed by atoms with Gasteiger partial charge < -0.3 is 24.8 Å². The number of carbonyl (C=O) groups is 1. The van der Waals surface area contributed by atoms with Crippen LogP contribution in [-0.4, -0.2) is 78.8 Å². The second kappa shape index (κ2) is 12.4. The molecule has 2 aromatic carbocycles. The van der Waals surface area contributed by atoms with Gasteiger partial charge in [0.2, 0.25) is 5.95 Å². The van der Waals surface area contributed by atoms with Crippen molar-refractivity contribution >= 4 is 23.2 Å². The first-order chi connectivity index (χ1) is 20.4. The predicted molar refractivity (Wildman–Crippen MR) is 153 cm³/mol. The first-order valence-corrected chi connectivity index (χ1v) is 14.0. The average molecular weight is 605 g/mol.